The number of alkyl halides is 3. The van der Waals surface area contributed by atoms with Crippen LogP contribution in [-0.4, -0.2) is 28.9 Å². The highest BCUT2D eigenvalue weighted by Crippen LogP contribution is 2.33. The molecule has 0 saturated carbocycles. The molecule has 1 unspecified atom stereocenters. The summed E-state index contributed by atoms with van der Waals surface area (Å²) in [4.78, 5) is 15.9. The van der Waals surface area contributed by atoms with Crippen molar-refractivity contribution >= 4 is 11.8 Å². The van der Waals surface area contributed by atoms with E-state index in [-0.39, 0.29) is 17.9 Å². The molecule has 0 aromatic carbocycles. The second-order valence-corrected chi connectivity index (χ2v) is 3.89. The van der Waals surface area contributed by atoms with Crippen molar-refractivity contribution in [3.63, 3.8) is 0 Å². The molecule has 2 N–H and O–H groups in total. The standard InChI is InChI=1S/C10H10F3N3O2/c1-5-3-14-7(2-6(5)10(11,12)13)16-8(17)4-15-9(16)18/h2-3,8,17H,4H2,1H3,(H,15,18). The van der Waals surface area contributed by atoms with Gasteiger partial charge in [-0.05, 0) is 18.6 Å². The van der Waals surface area contributed by atoms with E-state index in [1.165, 1.54) is 6.92 Å². The van der Waals surface area contributed by atoms with Gasteiger partial charge in [0.15, 0.2) is 6.23 Å². The number of hydrogen-bond acceptors (Lipinski definition) is 3. The van der Waals surface area contributed by atoms with Gasteiger partial charge in [0.05, 0.1) is 12.1 Å². The SMILES string of the molecule is Cc1cnc(N2C(=O)NCC2O)cc1C(F)(F)F. The molecule has 0 radical (unpaired) electrons. The number of nitrogens with zero attached hydrogens (tertiary/aromatic N) is 2. The summed E-state index contributed by atoms with van der Waals surface area (Å²) >= 11 is 0. The Morgan fingerprint density at radius 3 is 2.72 bits per heavy atom. The second-order valence-electron chi connectivity index (χ2n) is 3.89. The van der Waals surface area contributed by atoms with E-state index < -0.39 is 24.0 Å². The van der Waals surface area contributed by atoms with Crippen LogP contribution in [0.2, 0.25) is 0 Å². The van der Waals surface area contributed by atoms with Crippen molar-refractivity contribution in [1.29, 1.82) is 0 Å². The Morgan fingerprint density at radius 1 is 1.56 bits per heavy atom. The molecular weight excluding hydrogens is 251 g/mol. The van der Waals surface area contributed by atoms with Crippen molar-refractivity contribution in [3.8, 4) is 0 Å². The molecule has 1 aliphatic rings. The molecule has 1 aliphatic heterocycles. The number of amides is 2. The molecule has 1 fully saturated rings. The van der Waals surface area contributed by atoms with E-state index in [1.54, 1.807) is 0 Å². The number of carbonyl (C=O) groups is 1. The van der Waals surface area contributed by atoms with Crippen LogP contribution in [0.15, 0.2) is 12.3 Å². The lowest BCUT2D eigenvalue weighted by Gasteiger charge is -2.19. The molecule has 1 aromatic rings. The van der Waals surface area contributed by atoms with E-state index in [0.29, 0.717) is 0 Å². The number of aliphatic hydroxyl groups excluding tert-OH is 1. The van der Waals surface area contributed by atoms with Gasteiger partial charge < -0.3 is 10.4 Å². The maximum atomic E-state index is 12.7. The van der Waals surface area contributed by atoms with Gasteiger partial charge in [0.25, 0.3) is 0 Å². The number of nitrogens with one attached hydrogen (secondary N) is 1. The zero-order valence-corrected chi connectivity index (χ0v) is 9.32. The highest BCUT2D eigenvalue weighted by Gasteiger charge is 2.36. The average molecular weight is 261 g/mol. The fraction of sp³-hybridized carbons (Fsp3) is 0.400. The number of aliphatic hydroxyl groups is 1. The molecule has 2 rings (SSSR count). The predicted octanol–water partition coefficient (Wildman–Crippen LogP) is 1.26. The number of aryl methyl sites for hydroxylation is 1. The summed E-state index contributed by atoms with van der Waals surface area (Å²) in [7, 11) is 0. The first-order valence-corrected chi connectivity index (χ1v) is 5.09. The molecule has 5 nitrogen and oxygen atoms in total. The smallest absolute Gasteiger partial charge is 0.371 e. The van der Waals surface area contributed by atoms with E-state index in [4.69, 9.17) is 0 Å². The highest BCUT2D eigenvalue weighted by molar-refractivity contribution is 5.93. The van der Waals surface area contributed by atoms with Crippen molar-refractivity contribution in [2.75, 3.05) is 11.4 Å². The van der Waals surface area contributed by atoms with Gasteiger partial charge in [0.1, 0.15) is 5.82 Å². The van der Waals surface area contributed by atoms with E-state index in [9.17, 15) is 23.1 Å². The van der Waals surface area contributed by atoms with E-state index in [1.807, 2.05) is 0 Å². The topological polar surface area (TPSA) is 65.5 Å². The van der Waals surface area contributed by atoms with Crippen LogP contribution in [0.3, 0.4) is 0 Å². The molecule has 0 bridgehead atoms. The minimum absolute atomic E-state index is 0.0413. The van der Waals surface area contributed by atoms with Gasteiger partial charge in [-0.2, -0.15) is 13.2 Å². The van der Waals surface area contributed by atoms with Crippen molar-refractivity contribution in [3.05, 3.63) is 23.4 Å². The molecule has 8 heteroatoms. The molecule has 1 atom stereocenters. The fourth-order valence-electron chi connectivity index (χ4n) is 1.70. The van der Waals surface area contributed by atoms with Crippen LogP contribution in [0.5, 0.6) is 0 Å². The van der Waals surface area contributed by atoms with Crippen LogP contribution in [0.1, 0.15) is 11.1 Å². The monoisotopic (exact) mass is 261 g/mol. The number of carbonyl (C=O) groups excluding carboxylic acids is 1. The first-order chi connectivity index (χ1) is 8.30. The molecule has 0 spiro atoms. The molecule has 98 valence electrons. The van der Waals surface area contributed by atoms with Gasteiger partial charge in [0, 0.05) is 6.20 Å². The van der Waals surface area contributed by atoms with Crippen LogP contribution in [0, 0.1) is 6.92 Å². The first kappa shape index (κ1) is 12.6. The van der Waals surface area contributed by atoms with Crippen molar-refractivity contribution in [2.45, 2.75) is 19.3 Å². The highest BCUT2D eigenvalue weighted by atomic mass is 19.4. The number of hydrogen-bond donors (Lipinski definition) is 2. The third kappa shape index (κ3) is 2.10. The van der Waals surface area contributed by atoms with Crippen LogP contribution in [-0.2, 0) is 6.18 Å². The third-order valence-electron chi connectivity index (χ3n) is 2.59. The van der Waals surface area contributed by atoms with Crippen LogP contribution in [0.4, 0.5) is 23.8 Å². The Bertz CT molecular complexity index is 490. The van der Waals surface area contributed by atoms with Gasteiger partial charge in [0.2, 0.25) is 0 Å². The number of anilines is 1. The Morgan fingerprint density at radius 2 is 2.22 bits per heavy atom. The Kier molecular flexibility index (Phi) is 2.89. The number of rotatable bonds is 1. The minimum Gasteiger partial charge on any atom is -0.371 e. The van der Waals surface area contributed by atoms with Gasteiger partial charge in [-0.1, -0.05) is 0 Å². The van der Waals surface area contributed by atoms with Crippen LogP contribution in [0.25, 0.3) is 0 Å². The summed E-state index contributed by atoms with van der Waals surface area (Å²) in [6, 6.07) is 0.0793. The Hall–Kier alpha value is -1.83. The molecule has 1 aromatic heterocycles. The lowest BCUT2D eigenvalue weighted by Crippen LogP contribution is -2.34. The van der Waals surface area contributed by atoms with E-state index in [0.717, 1.165) is 17.2 Å². The molecule has 1 saturated heterocycles. The van der Waals surface area contributed by atoms with Gasteiger partial charge in [-0.25, -0.2) is 14.7 Å². The molecule has 18 heavy (non-hydrogen) atoms. The zero-order valence-electron chi connectivity index (χ0n) is 9.32. The summed E-state index contributed by atoms with van der Waals surface area (Å²) in [5.74, 6) is -0.226. The van der Waals surface area contributed by atoms with Crippen molar-refractivity contribution in [1.82, 2.24) is 10.3 Å². The fourth-order valence-corrected chi connectivity index (χ4v) is 1.70. The normalized spacial score (nSPS) is 20.2. The minimum atomic E-state index is -4.52. The number of urea groups is 1. The molecule has 2 heterocycles. The summed E-state index contributed by atoms with van der Waals surface area (Å²) in [5, 5.41) is 11.8. The predicted molar refractivity (Wildman–Crippen MR) is 55.9 cm³/mol. The summed E-state index contributed by atoms with van der Waals surface area (Å²) < 4.78 is 38.1. The lowest BCUT2D eigenvalue weighted by molar-refractivity contribution is -0.138. The number of pyridine rings is 1. The van der Waals surface area contributed by atoms with Gasteiger partial charge in [-0.3, -0.25) is 0 Å². The number of halogens is 3. The van der Waals surface area contributed by atoms with Crippen LogP contribution >= 0.6 is 0 Å². The quantitative estimate of drug-likeness (QED) is 0.799. The summed E-state index contributed by atoms with van der Waals surface area (Å²) in [6.45, 7) is 1.23. The first-order valence-electron chi connectivity index (χ1n) is 5.09. The lowest BCUT2D eigenvalue weighted by atomic mass is 10.1. The second kappa shape index (κ2) is 4.13. The van der Waals surface area contributed by atoms with Crippen molar-refractivity contribution < 1.29 is 23.1 Å². The third-order valence-corrected chi connectivity index (χ3v) is 2.59. The summed E-state index contributed by atoms with van der Waals surface area (Å²) in [5.41, 5.74) is -0.917. The maximum Gasteiger partial charge on any atom is 0.416 e. The van der Waals surface area contributed by atoms with E-state index in [2.05, 4.69) is 10.3 Å². The zero-order chi connectivity index (χ0) is 13.5. The summed E-state index contributed by atoms with van der Waals surface area (Å²) in [6.07, 6.45) is -4.71. The van der Waals surface area contributed by atoms with E-state index >= 15 is 0 Å². The number of aromatic nitrogens is 1. The van der Waals surface area contributed by atoms with Crippen LogP contribution < -0.4 is 10.2 Å². The average Bonchev–Trinajstić information content (AvgIpc) is 2.58. The van der Waals surface area contributed by atoms with Gasteiger partial charge >= 0.3 is 12.2 Å². The number of β-amino-alcohol motifs (C(OH)–C–C–N with tert-alkyl or cyclic N) is 1. The van der Waals surface area contributed by atoms with Gasteiger partial charge in [-0.15, -0.1) is 0 Å². The molecule has 0 aliphatic carbocycles. The maximum absolute atomic E-state index is 12.7. The Balaban J connectivity index is 2.44. The van der Waals surface area contributed by atoms with Crippen molar-refractivity contribution in [2.24, 2.45) is 0 Å². The largest absolute Gasteiger partial charge is 0.416 e. The molecular formula is C10H10F3N3O2. The Labute approximate surface area is 100 Å². The molecule has 2 amide bonds.